The predicted octanol–water partition coefficient (Wildman–Crippen LogP) is 5.52. The molecule has 0 fully saturated rings. The Kier molecular flexibility index (Phi) is 7.40. The third-order valence-electron chi connectivity index (χ3n) is 3.64. The zero-order chi connectivity index (χ0) is 21.4. The minimum atomic E-state index is -4.54. The van der Waals surface area contributed by atoms with E-state index in [1.807, 2.05) is 0 Å². The second kappa shape index (κ2) is 9.76. The lowest BCUT2D eigenvalue weighted by Crippen LogP contribution is -2.07. The van der Waals surface area contributed by atoms with Gasteiger partial charge in [-0.05, 0) is 42.5 Å². The Morgan fingerprint density at radius 3 is 2.31 bits per heavy atom. The van der Waals surface area contributed by atoms with Gasteiger partial charge in [-0.25, -0.2) is 4.39 Å². The van der Waals surface area contributed by atoms with Gasteiger partial charge in [0.05, 0.1) is 5.56 Å². The maximum absolute atomic E-state index is 12.9. The standard InChI is InChI=1S/C20H13F4N3OS/c21-16-6-4-13(5-7-16)18(28)8-9-29-19(14(11-25)12-26)27-17-3-1-2-15(10-17)20(22,23)24/h1-7,10,27H,8-9H2. The number of halogens is 4. The fraction of sp³-hybridized carbons (Fsp3) is 0.150. The van der Waals surface area contributed by atoms with Crippen molar-refractivity contribution in [3.05, 3.63) is 76.1 Å². The van der Waals surface area contributed by atoms with Gasteiger partial charge in [-0.3, -0.25) is 4.79 Å². The van der Waals surface area contributed by atoms with Crippen LogP contribution in [0.1, 0.15) is 22.3 Å². The molecule has 0 atom stereocenters. The maximum atomic E-state index is 12.9. The highest BCUT2D eigenvalue weighted by atomic mass is 32.2. The van der Waals surface area contributed by atoms with Crippen LogP contribution in [-0.4, -0.2) is 11.5 Å². The maximum Gasteiger partial charge on any atom is 0.416 e. The molecule has 2 aromatic rings. The van der Waals surface area contributed by atoms with Crippen LogP contribution in [0, 0.1) is 28.5 Å². The molecular formula is C20H13F4N3OS. The number of ketones is 1. The summed E-state index contributed by atoms with van der Waals surface area (Å²) >= 11 is 0.960. The zero-order valence-corrected chi connectivity index (χ0v) is 15.6. The number of nitrogens with one attached hydrogen (secondary N) is 1. The van der Waals surface area contributed by atoms with Crippen LogP contribution in [0.5, 0.6) is 0 Å². The van der Waals surface area contributed by atoms with Crippen LogP contribution in [0.2, 0.25) is 0 Å². The number of thioether (sulfide) groups is 1. The number of nitriles is 2. The van der Waals surface area contributed by atoms with E-state index in [0.29, 0.717) is 5.56 Å². The Labute approximate surface area is 168 Å². The van der Waals surface area contributed by atoms with E-state index in [0.717, 1.165) is 36.0 Å². The SMILES string of the molecule is N#CC(C#N)=C(Nc1cccc(C(F)(F)F)c1)SCCC(=O)c1ccc(F)cc1. The number of hydrogen-bond acceptors (Lipinski definition) is 5. The summed E-state index contributed by atoms with van der Waals surface area (Å²) in [5, 5.41) is 20.9. The number of benzene rings is 2. The number of alkyl halides is 3. The molecule has 29 heavy (non-hydrogen) atoms. The normalized spacial score (nSPS) is 10.6. The Morgan fingerprint density at radius 1 is 1.07 bits per heavy atom. The van der Waals surface area contributed by atoms with Crippen molar-refractivity contribution < 1.29 is 22.4 Å². The van der Waals surface area contributed by atoms with E-state index in [2.05, 4.69) is 5.32 Å². The van der Waals surface area contributed by atoms with Gasteiger partial charge in [0.25, 0.3) is 0 Å². The highest BCUT2D eigenvalue weighted by molar-refractivity contribution is 8.03. The molecule has 0 aliphatic rings. The Hall–Kier alpha value is -3.30. The number of nitrogens with zero attached hydrogens (tertiary/aromatic N) is 2. The molecule has 0 aliphatic heterocycles. The van der Waals surface area contributed by atoms with Crippen molar-refractivity contribution in [2.45, 2.75) is 12.6 Å². The predicted molar refractivity (Wildman–Crippen MR) is 101 cm³/mol. The van der Waals surface area contributed by atoms with Crippen LogP contribution in [0.15, 0.2) is 59.1 Å². The number of Topliss-reactive ketones (excluding diaryl/α,β-unsaturated/α-hetero) is 1. The lowest BCUT2D eigenvalue weighted by atomic mass is 10.1. The monoisotopic (exact) mass is 419 g/mol. The van der Waals surface area contributed by atoms with Gasteiger partial charge in [-0.2, -0.15) is 23.7 Å². The van der Waals surface area contributed by atoms with Gasteiger partial charge in [-0.1, -0.05) is 6.07 Å². The van der Waals surface area contributed by atoms with Gasteiger partial charge in [0.2, 0.25) is 0 Å². The molecule has 2 rings (SSSR count). The average molecular weight is 419 g/mol. The summed E-state index contributed by atoms with van der Waals surface area (Å²) in [6, 6.07) is 12.7. The molecule has 0 unspecified atom stereocenters. The zero-order valence-electron chi connectivity index (χ0n) is 14.8. The number of carbonyl (C=O) groups is 1. The van der Waals surface area contributed by atoms with Crippen molar-refractivity contribution in [2.24, 2.45) is 0 Å². The lowest BCUT2D eigenvalue weighted by Gasteiger charge is -2.13. The molecule has 4 nitrogen and oxygen atoms in total. The minimum Gasteiger partial charge on any atom is -0.349 e. The molecule has 1 N–H and O–H groups in total. The third-order valence-corrected chi connectivity index (χ3v) is 4.64. The van der Waals surface area contributed by atoms with Crippen LogP contribution in [0.3, 0.4) is 0 Å². The number of anilines is 1. The summed E-state index contributed by atoms with van der Waals surface area (Å²) < 4.78 is 51.5. The molecule has 0 saturated heterocycles. The second-order valence-corrected chi connectivity index (χ2v) is 6.76. The highest BCUT2D eigenvalue weighted by Gasteiger charge is 2.30. The Balaban J connectivity index is 2.11. The van der Waals surface area contributed by atoms with Gasteiger partial charge >= 0.3 is 6.18 Å². The minimum absolute atomic E-state index is 0.0220. The number of hydrogen-bond donors (Lipinski definition) is 1. The van der Waals surface area contributed by atoms with Crippen molar-refractivity contribution in [1.82, 2.24) is 0 Å². The summed E-state index contributed by atoms with van der Waals surface area (Å²) in [5.41, 5.74) is -0.838. The Bertz CT molecular complexity index is 986. The third kappa shape index (κ3) is 6.37. The van der Waals surface area contributed by atoms with Crippen LogP contribution < -0.4 is 5.32 Å². The van der Waals surface area contributed by atoms with Gasteiger partial charge in [-0.15, -0.1) is 11.8 Å². The average Bonchev–Trinajstić information content (AvgIpc) is 2.68. The van der Waals surface area contributed by atoms with E-state index in [9.17, 15) is 22.4 Å². The first-order valence-electron chi connectivity index (χ1n) is 8.15. The fourth-order valence-corrected chi connectivity index (χ4v) is 3.14. The smallest absolute Gasteiger partial charge is 0.349 e. The second-order valence-electron chi connectivity index (χ2n) is 5.66. The first-order chi connectivity index (χ1) is 13.7. The first-order valence-corrected chi connectivity index (χ1v) is 9.13. The van der Waals surface area contributed by atoms with Crippen molar-refractivity contribution in [2.75, 3.05) is 11.1 Å². The van der Waals surface area contributed by atoms with Crippen LogP contribution in [0.4, 0.5) is 23.2 Å². The van der Waals surface area contributed by atoms with Gasteiger partial charge in [0, 0.05) is 23.4 Å². The van der Waals surface area contributed by atoms with Crippen molar-refractivity contribution in [3.8, 4) is 12.1 Å². The molecule has 0 aromatic heterocycles. The molecule has 0 radical (unpaired) electrons. The van der Waals surface area contributed by atoms with Crippen molar-refractivity contribution >= 4 is 23.2 Å². The van der Waals surface area contributed by atoms with E-state index in [1.165, 1.54) is 24.3 Å². The first kappa shape index (κ1) is 22.0. The highest BCUT2D eigenvalue weighted by Crippen LogP contribution is 2.32. The van der Waals surface area contributed by atoms with Crippen molar-refractivity contribution in [1.29, 1.82) is 10.5 Å². The molecule has 0 amide bonds. The van der Waals surface area contributed by atoms with Gasteiger partial charge < -0.3 is 5.32 Å². The molecule has 0 saturated carbocycles. The quantitative estimate of drug-likeness (QED) is 0.363. The number of allylic oxidation sites excluding steroid dienone is 1. The van der Waals surface area contributed by atoms with E-state index < -0.39 is 17.6 Å². The molecule has 148 valence electrons. The lowest BCUT2D eigenvalue weighted by molar-refractivity contribution is -0.137. The molecule has 2 aromatic carbocycles. The largest absolute Gasteiger partial charge is 0.416 e. The molecule has 0 aliphatic carbocycles. The Morgan fingerprint density at radius 2 is 1.72 bits per heavy atom. The summed E-state index contributed by atoms with van der Waals surface area (Å²) in [6.07, 6.45) is -4.52. The van der Waals surface area contributed by atoms with E-state index in [4.69, 9.17) is 10.5 Å². The number of rotatable bonds is 7. The van der Waals surface area contributed by atoms with Crippen LogP contribution >= 0.6 is 11.8 Å². The van der Waals surface area contributed by atoms with Gasteiger partial charge in [0.15, 0.2) is 11.4 Å². The summed E-state index contributed by atoms with van der Waals surface area (Å²) in [5.74, 6) is -0.588. The van der Waals surface area contributed by atoms with E-state index in [-0.39, 0.29) is 34.2 Å². The molecular weight excluding hydrogens is 406 g/mol. The topological polar surface area (TPSA) is 76.7 Å². The molecule has 0 spiro atoms. The fourth-order valence-electron chi connectivity index (χ4n) is 2.23. The van der Waals surface area contributed by atoms with Crippen molar-refractivity contribution in [3.63, 3.8) is 0 Å². The molecule has 0 bridgehead atoms. The summed E-state index contributed by atoms with van der Waals surface area (Å²) in [7, 11) is 0. The summed E-state index contributed by atoms with van der Waals surface area (Å²) in [4.78, 5) is 12.1. The van der Waals surface area contributed by atoms with E-state index in [1.54, 1.807) is 12.1 Å². The van der Waals surface area contributed by atoms with Crippen LogP contribution in [0.25, 0.3) is 0 Å². The molecule has 0 heterocycles. The van der Waals surface area contributed by atoms with E-state index >= 15 is 0 Å². The van der Waals surface area contributed by atoms with Gasteiger partial charge in [0.1, 0.15) is 23.0 Å². The number of carbonyl (C=O) groups excluding carboxylic acids is 1. The van der Waals surface area contributed by atoms with Crippen LogP contribution in [-0.2, 0) is 6.18 Å². The summed E-state index contributed by atoms with van der Waals surface area (Å²) in [6.45, 7) is 0. The molecule has 9 heteroatoms.